The van der Waals surface area contributed by atoms with Gasteiger partial charge in [0.1, 0.15) is 22.9 Å². The van der Waals surface area contributed by atoms with Crippen LogP contribution in [0.15, 0.2) is 36.7 Å². The normalized spacial score (nSPS) is 11.9. The molecule has 0 aliphatic rings. The average Bonchev–Trinajstić information content (AvgIpc) is 3.33. The standard InChI is InChI=1S/C20H18N6S/c1-4-6-15-16(7-5-2)27-20-23-14(12-26(15)20)18-19(22-3)25-9-8-13(11-21)10-17(25)24-18/h4-10,12,22H,1-3H3/b6-4-,7-5-. The number of nitrogens with zero attached hydrogens (tertiary/aromatic N) is 5. The highest BCUT2D eigenvalue weighted by molar-refractivity contribution is 7.18. The van der Waals surface area contributed by atoms with Gasteiger partial charge in [0.05, 0.1) is 22.2 Å². The van der Waals surface area contributed by atoms with Crippen LogP contribution in [0.4, 0.5) is 5.82 Å². The van der Waals surface area contributed by atoms with E-state index in [2.05, 4.69) is 27.9 Å². The van der Waals surface area contributed by atoms with Crippen molar-refractivity contribution in [1.82, 2.24) is 18.8 Å². The number of anilines is 1. The zero-order valence-electron chi connectivity index (χ0n) is 15.3. The number of imidazole rings is 2. The van der Waals surface area contributed by atoms with Crippen LogP contribution in [0.2, 0.25) is 0 Å². The maximum Gasteiger partial charge on any atom is 0.195 e. The summed E-state index contributed by atoms with van der Waals surface area (Å²) in [5.74, 6) is 0.849. The number of aromatic nitrogens is 4. The summed E-state index contributed by atoms with van der Waals surface area (Å²) in [5, 5.41) is 12.3. The van der Waals surface area contributed by atoms with E-state index in [1.165, 1.54) is 4.88 Å². The molecule has 134 valence electrons. The number of nitriles is 1. The molecule has 0 saturated carbocycles. The Bertz CT molecular complexity index is 1250. The minimum Gasteiger partial charge on any atom is -0.372 e. The van der Waals surface area contributed by atoms with E-state index in [0.29, 0.717) is 11.2 Å². The molecular weight excluding hydrogens is 356 g/mol. The molecule has 4 aromatic heterocycles. The van der Waals surface area contributed by atoms with Crippen molar-refractivity contribution < 1.29 is 0 Å². The SMILES string of the molecule is C/C=C\c1sc2nc(-c3nc4cc(C#N)ccn4c3NC)cn2c1/C=C\C. The fraction of sp³-hybridized carbons (Fsp3) is 0.150. The largest absolute Gasteiger partial charge is 0.372 e. The maximum absolute atomic E-state index is 9.14. The molecule has 0 fully saturated rings. The van der Waals surface area contributed by atoms with Gasteiger partial charge in [-0.1, -0.05) is 23.5 Å². The number of pyridine rings is 1. The quantitative estimate of drug-likeness (QED) is 0.562. The first kappa shape index (κ1) is 17.1. The first-order chi connectivity index (χ1) is 13.2. The molecule has 1 N–H and O–H groups in total. The summed E-state index contributed by atoms with van der Waals surface area (Å²) in [6.45, 7) is 4.02. The average molecular weight is 374 g/mol. The van der Waals surface area contributed by atoms with Gasteiger partial charge in [0.2, 0.25) is 0 Å². The van der Waals surface area contributed by atoms with Crippen molar-refractivity contribution in [2.24, 2.45) is 0 Å². The van der Waals surface area contributed by atoms with E-state index in [0.717, 1.165) is 27.9 Å². The Balaban J connectivity index is 1.93. The Hall–Kier alpha value is -3.37. The summed E-state index contributed by atoms with van der Waals surface area (Å²) in [7, 11) is 1.86. The van der Waals surface area contributed by atoms with Gasteiger partial charge in [-0.05, 0) is 38.1 Å². The van der Waals surface area contributed by atoms with Crippen LogP contribution in [0.3, 0.4) is 0 Å². The molecule has 6 nitrogen and oxygen atoms in total. The van der Waals surface area contributed by atoms with E-state index >= 15 is 0 Å². The Morgan fingerprint density at radius 2 is 2.00 bits per heavy atom. The predicted molar refractivity (Wildman–Crippen MR) is 111 cm³/mol. The molecule has 0 aliphatic carbocycles. The molecule has 27 heavy (non-hydrogen) atoms. The van der Waals surface area contributed by atoms with Crippen LogP contribution in [-0.4, -0.2) is 25.8 Å². The van der Waals surface area contributed by atoms with Crippen LogP contribution in [0.5, 0.6) is 0 Å². The summed E-state index contributed by atoms with van der Waals surface area (Å²) in [4.78, 5) is 11.6. The number of hydrogen-bond acceptors (Lipinski definition) is 5. The summed E-state index contributed by atoms with van der Waals surface area (Å²) < 4.78 is 4.03. The minimum absolute atomic E-state index is 0.582. The first-order valence-electron chi connectivity index (χ1n) is 8.57. The molecule has 0 aromatic carbocycles. The first-order valence-corrected chi connectivity index (χ1v) is 9.39. The fourth-order valence-corrected chi connectivity index (χ4v) is 4.18. The summed E-state index contributed by atoms with van der Waals surface area (Å²) in [6, 6.07) is 5.71. The second-order valence-electron chi connectivity index (χ2n) is 5.94. The van der Waals surface area contributed by atoms with Gasteiger partial charge in [0.25, 0.3) is 0 Å². The maximum atomic E-state index is 9.14. The molecule has 0 aliphatic heterocycles. The van der Waals surface area contributed by atoms with E-state index in [9.17, 15) is 0 Å². The molecule has 4 aromatic rings. The zero-order chi connectivity index (χ0) is 19.0. The van der Waals surface area contributed by atoms with Gasteiger partial charge in [-0.25, -0.2) is 9.97 Å². The Labute approximate surface area is 160 Å². The van der Waals surface area contributed by atoms with Gasteiger partial charge >= 0.3 is 0 Å². The molecule has 4 rings (SSSR count). The van der Waals surface area contributed by atoms with Crippen molar-refractivity contribution in [3.05, 3.63) is 52.8 Å². The molecule has 0 amide bonds. The van der Waals surface area contributed by atoms with Gasteiger partial charge < -0.3 is 5.32 Å². The van der Waals surface area contributed by atoms with Gasteiger partial charge in [0, 0.05) is 19.4 Å². The van der Waals surface area contributed by atoms with Crippen molar-refractivity contribution in [3.8, 4) is 17.5 Å². The second-order valence-corrected chi connectivity index (χ2v) is 6.95. The Kier molecular flexibility index (Phi) is 4.26. The molecule has 0 bridgehead atoms. The summed E-state index contributed by atoms with van der Waals surface area (Å²) in [5.41, 5.74) is 3.97. The highest BCUT2D eigenvalue weighted by Gasteiger charge is 2.18. The van der Waals surface area contributed by atoms with E-state index in [-0.39, 0.29) is 0 Å². The van der Waals surface area contributed by atoms with Crippen LogP contribution in [0.25, 0.3) is 34.1 Å². The summed E-state index contributed by atoms with van der Waals surface area (Å²) in [6.07, 6.45) is 12.1. The van der Waals surface area contributed by atoms with E-state index in [4.69, 9.17) is 15.2 Å². The second kappa shape index (κ2) is 6.74. The van der Waals surface area contributed by atoms with Crippen molar-refractivity contribution in [3.63, 3.8) is 0 Å². The third kappa shape index (κ3) is 2.71. The third-order valence-corrected chi connectivity index (χ3v) is 5.30. The molecule has 0 spiro atoms. The Morgan fingerprint density at radius 1 is 1.19 bits per heavy atom. The lowest BCUT2D eigenvalue weighted by Gasteiger charge is -2.02. The highest BCUT2D eigenvalue weighted by atomic mass is 32.1. The molecule has 0 radical (unpaired) electrons. The van der Waals surface area contributed by atoms with Crippen LogP contribution in [-0.2, 0) is 0 Å². The predicted octanol–water partition coefficient (Wildman–Crippen LogP) is 4.69. The third-order valence-electron chi connectivity index (χ3n) is 4.26. The van der Waals surface area contributed by atoms with E-state index in [1.54, 1.807) is 23.5 Å². The lowest BCUT2D eigenvalue weighted by Crippen LogP contribution is -1.96. The van der Waals surface area contributed by atoms with Crippen LogP contribution >= 0.6 is 11.3 Å². The van der Waals surface area contributed by atoms with Crippen LogP contribution < -0.4 is 5.32 Å². The number of fused-ring (bicyclic) bond motifs is 2. The van der Waals surface area contributed by atoms with Gasteiger partial charge in [-0.2, -0.15) is 5.26 Å². The molecule has 0 saturated heterocycles. The lowest BCUT2D eigenvalue weighted by atomic mass is 10.3. The number of thiazole rings is 1. The number of rotatable bonds is 4. The lowest BCUT2D eigenvalue weighted by molar-refractivity contribution is 1.17. The Morgan fingerprint density at radius 3 is 2.70 bits per heavy atom. The summed E-state index contributed by atoms with van der Waals surface area (Å²) >= 11 is 1.65. The highest BCUT2D eigenvalue weighted by Crippen LogP contribution is 2.32. The van der Waals surface area contributed by atoms with Crippen molar-refractivity contribution in [1.29, 1.82) is 5.26 Å². The number of allylic oxidation sites excluding steroid dienone is 2. The number of nitrogens with one attached hydrogen (secondary N) is 1. The molecular formula is C20H18N6S. The van der Waals surface area contributed by atoms with Gasteiger partial charge in [-0.3, -0.25) is 8.80 Å². The molecule has 0 atom stereocenters. The molecule has 0 unspecified atom stereocenters. The molecule has 4 heterocycles. The molecule has 7 heteroatoms. The van der Waals surface area contributed by atoms with E-state index in [1.807, 2.05) is 49.8 Å². The number of hydrogen-bond donors (Lipinski definition) is 1. The smallest absolute Gasteiger partial charge is 0.195 e. The van der Waals surface area contributed by atoms with Gasteiger partial charge in [0.15, 0.2) is 4.96 Å². The van der Waals surface area contributed by atoms with Crippen LogP contribution in [0, 0.1) is 11.3 Å². The fourth-order valence-electron chi connectivity index (χ4n) is 3.11. The van der Waals surface area contributed by atoms with E-state index < -0.39 is 0 Å². The topological polar surface area (TPSA) is 70.4 Å². The minimum atomic E-state index is 0.582. The zero-order valence-corrected chi connectivity index (χ0v) is 16.1. The van der Waals surface area contributed by atoms with Crippen molar-refractivity contribution in [2.45, 2.75) is 13.8 Å². The van der Waals surface area contributed by atoms with Gasteiger partial charge in [-0.15, -0.1) is 0 Å². The van der Waals surface area contributed by atoms with Crippen molar-refractivity contribution >= 4 is 39.9 Å². The van der Waals surface area contributed by atoms with Crippen molar-refractivity contribution in [2.75, 3.05) is 12.4 Å². The van der Waals surface area contributed by atoms with Crippen LogP contribution in [0.1, 0.15) is 30.0 Å². The monoisotopic (exact) mass is 374 g/mol.